The van der Waals surface area contributed by atoms with Crippen molar-refractivity contribution in [3.63, 3.8) is 0 Å². The summed E-state index contributed by atoms with van der Waals surface area (Å²) >= 11 is 1.83. The zero-order valence-electron chi connectivity index (χ0n) is 15.0. The van der Waals surface area contributed by atoms with Crippen molar-refractivity contribution in [3.05, 3.63) is 28.8 Å². The molecular weight excluding hydrogens is 348 g/mol. The Labute approximate surface area is 157 Å². The van der Waals surface area contributed by atoms with Crippen LogP contribution in [0.5, 0.6) is 0 Å². The molecule has 0 radical (unpaired) electrons. The first-order valence-corrected chi connectivity index (χ1v) is 10.2. The highest BCUT2D eigenvalue weighted by atomic mass is 32.1. The Morgan fingerprint density at radius 3 is 2.77 bits per heavy atom. The smallest absolute Gasteiger partial charge is 0.236 e. The topological polar surface area (TPSA) is 71.7 Å². The van der Waals surface area contributed by atoms with E-state index in [-0.39, 0.29) is 12.5 Å². The molecule has 2 fully saturated rings. The van der Waals surface area contributed by atoms with Gasteiger partial charge in [-0.15, -0.1) is 11.3 Å². The third-order valence-corrected chi connectivity index (χ3v) is 6.60. The lowest BCUT2D eigenvalue weighted by molar-refractivity contribution is -0.130. The number of nitrogens with zero attached hydrogens (tertiary/aromatic N) is 3. The lowest BCUT2D eigenvalue weighted by Crippen LogP contribution is -2.41. The molecule has 6 nitrogen and oxygen atoms in total. The molecule has 0 unspecified atom stereocenters. The van der Waals surface area contributed by atoms with Gasteiger partial charge in [-0.3, -0.25) is 9.69 Å². The summed E-state index contributed by atoms with van der Waals surface area (Å²) in [5, 5.41) is 1.30. The SMILES string of the molecule is NCC(=O)N1CCC(c2c(CN3CCOCC3)sc3ncccc23)CC1. The lowest BCUT2D eigenvalue weighted by Gasteiger charge is -2.33. The van der Waals surface area contributed by atoms with Gasteiger partial charge in [0.05, 0.1) is 19.8 Å². The highest BCUT2D eigenvalue weighted by molar-refractivity contribution is 7.18. The number of piperidine rings is 1. The minimum absolute atomic E-state index is 0.0637. The molecule has 4 rings (SSSR count). The van der Waals surface area contributed by atoms with Gasteiger partial charge in [-0.25, -0.2) is 4.98 Å². The van der Waals surface area contributed by atoms with E-state index in [0.29, 0.717) is 5.92 Å². The van der Waals surface area contributed by atoms with Crippen molar-refractivity contribution in [2.75, 3.05) is 45.9 Å². The van der Waals surface area contributed by atoms with E-state index in [2.05, 4.69) is 16.0 Å². The van der Waals surface area contributed by atoms with Crippen molar-refractivity contribution < 1.29 is 9.53 Å². The maximum Gasteiger partial charge on any atom is 0.236 e. The Kier molecular flexibility index (Phi) is 5.49. The molecule has 26 heavy (non-hydrogen) atoms. The summed E-state index contributed by atoms with van der Waals surface area (Å²) in [5.41, 5.74) is 6.98. The molecule has 0 spiro atoms. The molecule has 0 aliphatic carbocycles. The highest BCUT2D eigenvalue weighted by Crippen LogP contribution is 2.40. The van der Waals surface area contributed by atoms with Crippen LogP contribution in [-0.2, 0) is 16.1 Å². The van der Waals surface area contributed by atoms with Crippen molar-refractivity contribution in [2.24, 2.45) is 5.73 Å². The first-order chi connectivity index (χ1) is 12.8. The fraction of sp³-hybridized carbons (Fsp3) is 0.579. The van der Waals surface area contributed by atoms with E-state index in [4.69, 9.17) is 10.5 Å². The molecule has 2 N–H and O–H groups in total. The maximum absolute atomic E-state index is 11.9. The lowest BCUT2D eigenvalue weighted by atomic mass is 9.87. The third kappa shape index (κ3) is 3.62. The number of fused-ring (bicyclic) bond motifs is 1. The summed E-state index contributed by atoms with van der Waals surface area (Å²) in [6, 6.07) is 4.23. The number of hydrogen-bond acceptors (Lipinski definition) is 6. The van der Waals surface area contributed by atoms with Crippen LogP contribution in [0.4, 0.5) is 0 Å². The highest BCUT2D eigenvalue weighted by Gasteiger charge is 2.28. The molecule has 2 aliphatic heterocycles. The van der Waals surface area contributed by atoms with E-state index in [9.17, 15) is 4.79 Å². The van der Waals surface area contributed by atoms with Gasteiger partial charge in [0.2, 0.25) is 5.91 Å². The number of hydrogen-bond donors (Lipinski definition) is 1. The summed E-state index contributed by atoms with van der Waals surface area (Å²) in [6.45, 7) is 6.30. The number of pyridine rings is 1. The number of rotatable bonds is 4. The van der Waals surface area contributed by atoms with Gasteiger partial charge in [0.25, 0.3) is 0 Å². The van der Waals surface area contributed by atoms with Gasteiger partial charge in [-0.1, -0.05) is 6.07 Å². The van der Waals surface area contributed by atoms with Crippen LogP contribution in [-0.4, -0.2) is 66.6 Å². The minimum Gasteiger partial charge on any atom is -0.379 e. The van der Waals surface area contributed by atoms with Crippen molar-refractivity contribution in [2.45, 2.75) is 25.3 Å². The number of nitrogens with two attached hydrogens (primary N) is 1. The molecule has 0 atom stereocenters. The van der Waals surface area contributed by atoms with Gasteiger partial charge in [0.15, 0.2) is 0 Å². The number of aromatic nitrogens is 1. The van der Waals surface area contributed by atoms with Crippen molar-refractivity contribution in [3.8, 4) is 0 Å². The number of ether oxygens (including phenoxy) is 1. The molecule has 2 aliphatic rings. The first kappa shape index (κ1) is 17.9. The van der Waals surface area contributed by atoms with Crippen molar-refractivity contribution >= 4 is 27.5 Å². The summed E-state index contributed by atoms with van der Waals surface area (Å²) < 4.78 is 5.49. The molecular formula is C19H26N4O2S. The van der Waals surface area contributed by atoms with Gasteiger partial charge in [-0.05, 0) is 30.4 Å². The van der Waals surface area contributed by atoms with Gasteiger partial charge in [0, 0.05) is 49.2 Å². The number of thiophene rings is 1. The quantitative estimate of drug-likeness (QED) is 0.883. The van der Waals surface area contributed by atoms with Crippen LogP contribution < -0.4 is 5.73 Å². The van der Waals surface area contributed by atoms with E-state index >= 15 is 0 Å². The van der Waals surface area contributed by atoms with Crippen LogP contribution in [0.15, 0.2) is 18.3 Å². The molecule has 4 heterocycles. The largest absolute Gasteiger partial charge is 0.379 e. The van der Waals surface area contributed by atoms with Crippen molar-refractivity contribution in [1.29, 1.82) is 0 Å². The zero-order chi connectivity index (χ0) is 17.9. The summed E-state index contributed by atoms with van der Waals surface area (Å²) in [5.74, 6) is 0.555. The minimum atomic E-state index is 0.0637. The number of amides is 1. The fourth-order valence-electron chi connectivity index (χ4n) is 4.07. The van der Waals surface area contributed by atoms with Gasteiger partial charge < -0.3 is 15.4 Å². The molecule has 0 aromatic carbocycles. The molecule has 2 saturated heterocycles. The Morgan fingerprint density at radius 2 is 2.04 bits per heavy atom. The van der Waals surface area contributed by atoms with E-state index in [1.807, 2.05) is 28.5 Å². The predicted molar refractivity (Wildman–Crippen MR) is 103 cm³/mol. The van der Waals surface area contributed by atoms with Crippen LogP contribution in [0.2, 0.25) is 0 Å². The maximum atomic E-state index is 11.9. The number of likely N-dealkylation sites (tertiary alicyclic amines) is 1. The molecule has 2 aromatic heterocycles. The van der Waals surface area contributed by atoms with Gasteiger partial charge in [-0.2, -0.15) is 0 Å². The van der Waals surface area contributed by atoms with Crippen LogP contribution in [0, 0.1) is 0 Å². The second kappa shape index (κ2) is 8.00. The second-order valence-corrected chi connectivity index (χ2v) is 8.13. The second-order valence-electron chi connectivity index (χ2n) is 7.04. The Bertz CT molecular complexity index is 764. The Balaban J connectivity index is 1.58. The van der Waals surface area contributed by atoms with E-state index in [1.165, 1.54) is 15.8 Å². The zero-order valence-corrected chi connectivity index (χ0v) is 15.8. The third-order valence-electron chi connectivity index (χ3n) is 5.48. The van der Waals surface area contributed by atoms with Crippen LogP contribution in [0.1, 0.15) is 29.2 Å². The summed E-state index contributed by atoms with van der Waals surface area (Å²) in [4.78, 5) is 23.4. The van der Waals surface area contributed by atoms with Crippen LogP contribution in [0.25, 0.3) is 10.2 Å². The number of morpholine rings is 1. The Morgan fingerprint density at radius 1 is 1.27 bits per heavy atom. The molecule has 0 saturated carbocycles. The van der Waals surface area contributed by atoms with E-state index in [0.717, 1.165) is 63.6 Å². The van der Waals surface area contributed by atoms with Gasteiger partial charge >= 0.3 is 0 Å². The number of carbonyl (C=O) groups is 1. The number of carbonyl (C=O) groups excluding carboxylic acids is 1. The monoisotopic (exact) mass is 374 g/mol. The van der Waals surface area contributed by atoms with Gasteiger partial charge in [0.1, 0.15) is 4.83 Å². The molecule has 1 amide bonds. The van der Waals surface area contributed by atoms with Crippen LogP contribution >= 0.6 is 11.3 Å². The molecule has 7 heteroatoms. The van der Waals surface area contributed by atoms with E-state index in [1.54, 1.807) is 0 Å². The predicted octanol–water partition coefficient (Wildman–Crippen LogP) is 1.79. The molecule has 0 bridgehead atoms. The van der Waals surface area contributed by atoms with Crippen LogP contribution in [0.3, 0.4) is 0 Å². The summed E-state index contributed by atoms with van der Waals surface area (Å²) in [7, 11) is 0. The average molecular weight is 375 g/mol. The standard InChI is InChI=1S/C19H26N4O2S/c20-12-17(24)23-6-3-14(4-7-23)18-15-2-1-5-21-19(15)26-16(18)13-22-8-10-25-11-9-22/h1-2,5,14H,3-4,6-13,20H2. The Hall–Kier alpha value is -1.54. The van der Waals surface area contributed by atoms with E-state index < -0.39 is 0 Å². The molecule has 140 valence electrons. The average Bonchev–Trinajstić information content (AvgIpc) is 3.06. The van der Waals surface area contributed by atoms with Crippen molar-refractivity contribution in [1.82, 2.24) is 14.8 Å². The molecule has 2 aromatic rings. The fourth-order valence-corrected chi connectivity index (χ4v) is 5.34. The summed E-state index contributed by atoms with van der Waals surface area (Å²) in [6.07, 6.45) is 3.88. The normalized spacial score (nSPS) is 20.0. The first-order valence-electron chi connectivity index (χ1n) is 9.40.